The van der Waals surface area contributed by atoms with Crippen LogP contribution in [0.1, 0.15) is 32.6 Å². The number of nitrogens with one attached hydrogen (secondary N) is 1. The van der Waals surface area contributed by atoms with Crippen LogP contribution < -0.4 is 11.1 Å². The van der Waals surface area contributed by atoms with E-state index in [0.717, 1.165) is 12.2 Å². The fourth-order valence-corrected chi connectivity index (χ4v) is 2.77. The van der Waals surface area contributed by atoms with Crippen LogP contribution in [0.15, 0.2) is 24.3 Å². The topological polar surface area (TPSA) is 58.4 Å². The molecule has 1 fully saturated rings. The van der Waals surface area contributed by atoms with Gasteiger partial charge in [0.25, 0.3) is 0 Å². The molecule has 0 bridgehead atoms. The van der Waals surface area contributed by atoms with Crippen molar-refractivity contribution in [2.24, 2.45) is 0 Å². The second-order valence-electron chi connectivity index (χ2n) is 5.18. The van der Waals surface area contributed by atoms with Crippen molar-refractivity contribution in [1.82, 2.24) is 4.90 Å². The number of hydrogen-bond acceptors (Lipinski definition) is 3. The normalized spacial score (nSPS) is 15.9. The van der Waals surface area contributed by atoms with Gasteiger partial charge in [-0.25, -0.2) is 0 Å². The molecule has 2 rings (SSSR count). The van der Waals surface area contributed by atoms with Gasteiger partial charge in [-0.2, -0.15) is 0 Å². The quantitative estimate of drug-likeness (QED) is 0.801. The first-order valence-electron chi connectivity index (χ1n) is 7.08. The average Bonchev–Trinajstić information content (AvgIpc) is 2.89. The van der Waals surface area contributed by atoms with Gasteiger partial charge in [0, 0.05) is 17.4 Å². The lowest BCUT2D eigenvalue weighted by Crippen LogP contribution is -2.39. The van der Waals surface area contributed by atoms with Crippen molar-refractivity contribution < 1.29 is 4.79 Å². The Balaban J connectivity index is 1.89. The predicted octanol–water partition coefficient (Wildman–Crippen LogP) is 2.47. The average molecular weight is 261 g/mol. The molecule has 104 valence electrons. The fraction of sp³-hybridized carbons (Fsp3) is 0.533. The molecule has 0 radical (unpaired) electrons. The van der Waals surface area contributed by atoms with Gasteiger partial charge < -0.3 is 11.1 Å². The molecule has 1 aliphatic rings. The molecule has 1 aliphatic carbocycles. The number of hydrogen-bond donors (Lipinski definition) is 2. The minimum Gasteiger partial charge on any atom is -0.399 e. The number of benzene rings is 1. The van der Waals surface area contributed by atoms with E-state index < -0.39 is 0 Å². The van der Waals surface area contributed by atoms with Crippen LogP contribution in [-0.4, -0.2) is 29.9 Å². The van der Waals surface area contributed by atoms with E-state index in [1.807, 2.05) is 18.2 Å². The fourth-order valence-electron chi connectivity index (χ4n) is 2.77. The Morgan fingerprint density at radius 2 is 2.16 bits per heavy atom. The molecule has 0 unspecified atom stereocenters. The lowest BCUT2D eigenvalue weighted by molar-refractivity contribution is -0.117. The Bertz CT molecular complexity index is 427. The van der Waals surface area contributed by atoms with E-state index in [9.17, 15) is 4.79 Å². The van der Waals surface area contributed by atoms with Gasteiger partial charge in [-0.3, -0.25) is 9.69 Å². The highest BCUT2D eigenvalue weighted by atomic mass is 16.2. The molecular formula is C15H23N3O. The molecule has 1 amide bonds. The van der Waals surface area contributed by atoms with Crippen LogP contribution in [-0.2, 0) is 4.79 Å². The highest BCUT2D eigenvalue weighted by Crippen LogP contribution is 2.23. The lowest BCUT2D eigenvalue weighted by Gasteiger charge is -2.26. The van der Waals surface area contributed by atoms with E-state index in [4.69, 9.17) is 5.73 Å². The third-order valence-corrected chi connectivity index (χ3v) is 3.76. The van der Waals surface area contributed by atoms with Crippen LogP contribution in [0.4, 0.5) is 11.4 Å². The van der Waals surface area contributed by atoms with Crippen molar-refractivity contribution in [2.45, 2.75) is 38.6 Å². The van der Waals surface area contributed by atoms with E-state index in [-0.39, 0.29) is 5.91 Å². The first-order valence-corrected chi connectivity index (χ1v) is 7.08. The van der Waals surface area contributed by atoms with E-state index in [2.05, 4.69) is 17.1 Å². The second kappa shape index (κ2) is 6.57. The van der Waals surface area contributed by atoms with Gasteiger partial charge in [0.15, 0.2) is 0 Å². The molecule has 4 nitrogen and oxygen atoms in total. The molecule has 0 atom stereocenters. The third-order valence-electron chi connectivity index (χ3n) is 3.76. The van der Waals surface area contributed by atoms with Crippen LogP contribution in [0.25, 0.3) is 0 Å². The summed E-state index contributed by atoms with van der Waals surface area (Å²) in [7, 11) is 0. The van der Waals surface area contributed by atoms with Crippen molar-refractivity contribution in [3.63, 3.8) is 0 Å². The molecule has 3 N–H and O–H groups in total. The number of rotatable bonds is 5. The van der Waals surface area contributed by atoms with Crippen LogP contribution in [0.5, 0.6) is 0 Å². The van der Waals surface area contributed by atoms with Crippen LogP contribution in [0.3, 0.4) is 0 Å². The molecule has 0 aliphatic heterocycles. The molecule has 4 heteroatoms. The van der Waals surface area contributed by atoms with Crippen molar-refractivity contribution in [1.29, 1.82) is 0 Å². The summed E-state index contributed by atoms with van der Waals surface area (Å²) in [4.78, 5) is 14.3. The number of carbonyl (C=O) groups excluding carboxylic acids is 1. The maximum Gasteiger partial charge on any atom is 0.238 e. The molecular weight excluding hydrogens is 238 g/mol. The van der Waals surface area contributed by atoms with Crippen LogP contribution >= 0.6 is 0 Å². The summed E-state index contributed by atoms with van der Waals surface area (Å²) in [6.07, 6.45) is 5.02. The summed E-state index contributed by atoms with van der Waals surface area (Å²) in [6, 6.07) is 7.88. The smallest absolute Gasteiger partial charge is 0.238 e. The van der Waals surface area contributed by atoms with Gasteiger partial charge in [0.05, 0.1) is 6.54 Å². The van der Waals surface area contributed by atoms with Gasteiger partial charge >= 0.3 is 0 Å². The summed E-state index contributed by atoms with van der Waals surface area (Å²) in [5.74, 6) is 0.0411. The highest BCUT2D eigenvalue weighted by molar-refractivity contribution is 5.92. The van der Waals surface area contributed by atoms with Gasteiger partial charge in [0.2, 0.25) is 5.91 Å². The number of amides is 1. The summed E-state index contributed by atoms with van der Waals surface area (Å²) < 4.78 is 0. The minimum atomic E-state index is 0.0411. The second-order valence-corrected chi connectivity index (χ2v) is 5.18. The van der Waals surface area contributed by atoms with E-state index in [1.54, 1.807) is 6.07 Å². The number of nitrogen functional groups attached to an aromatic ring is 1. The Labute approximate surface area is 115 Å². The van der Waals surface area contributed by atoms with Gasteiger partial charge in [0.1, 0.15) is 0 Å². The van der Waals surface area contributed by atoms with Crippen molar-refractivity contribution in [3.05, 3.63) is 24.3 Å². The Morgan fingerprint density at radius 1 is 1.42 bits per heavy atom. The molecule has 0 heterocycles. The zero-order valence-electron chi connectivity index (χ0n) is 11.6. The lowest BCUT2D eigenvalue weighted by atomic mass is 10.2. The van der Waals surface area contributed by atoms with Crippen LogP contribution in [0, 0.1) is 0 Å². The first-order chi connectivity index (χ1) is 9.19. The van der Waals surface area contributed by atoms with Crippen molar-refractivity contribution in [3.8, 4) is 0 Å². The molecule has 1 saturated carbocycles. The van der Waals surface area contributed by atoms with Gasteiger partial charge in [-0.15, -0.1) is 0 Å². The molecule has 1 aromatic rings. The number of likely N-dealkylation sites (N-methyl/N-ethyl adjacent to an activating group) is 1. The maximum atomic E-state index is 12.1. The summed E-state index contributed by atoms with van der Waals surface area (Å²) in [6.45, 7) is 3.51. The Kier molecular flexibility index (Phi) is 4.80. The van der Waals surface area contributed by atoms with E-state index >= 15 is 0 Å². The summed E-state index contributed by atoms with van der Waals surface area (Å²) in [5.41, 5.74) is 7.14. The number of anilines is 2. The number of nitrogens with two attached hydrogens (primary N) is 1. The van der Waals surface area contributed by atoms with Gasteiger partial charge in [-0.1, -0.05) is 25.8 Å². The third kappa shape index (κ3) is 3.96. The van der Waals surface area contributed by atoms with Crippen LogP contribution in [0.2, 0.25) is 0 Å². The van der Waals surface area contributed by atoms with Gasteiger partial charge in [-0.05, 0) is 37.6 Å². The van der Waals surface area contributed by atoms with Crippen molar-refractivity contribution in [2.75, 3.05) is 24.1 Å². The van der Waals surface area contributed by atoms with Crippen molar-refractivity contribution >= 4 is 17.3 Å². The zero-order valence-corrected chi connectivity index (χ0v) is 11.6. The summed E-state index contributed by atoms with van der Waals surface area (Å²) >= 11 is 0. The predicted molar refractivity (Wildman–Crippen MR) is 79.0 cm³/mol. The molecule has 1 aromatic carbocycles. The monoisotopic (exact) mass is 261 g/mol. The maximum absolute atomic E-state index is 12.1. The Morgan fingerprint density at radius 3 is 2.79 bits per heavy atom. The minimum absolute atomic E-state index is 0.0411. The Hall–Kier alpha value is -1.55. The first kappa shape index (κ1) is 13.9. The largest absolute Gasteiger partial charge is 0.399 e. The van der Waals surface area contributed by atoms with E-state index in [1.165, 1.54) is 25.7 Å². The SMILES string of the molecule is CCN(CC(=O)Nc1cccc(N)c1)C1CCCC1. The number of carbonyl (C=O) groups is 1. The standard InChI is InChI=1S/C15H23N3O/c1-2-18(14-8-3-4-9-14)11-15(19)17-13-7-5-6-12(16)10-13/h5-7,10,14H,2-4,8-9,11,16H2,1H3,(H,17,19). The molecule has 0 aromatic heterocycles. The van der Waals surface area contributed by atoms with E-state index in [0.29, 0.717) is 18.3 Å². The molecule has 19 heavy (non-hydrogen) atoms. The summed E-state index contributed by atoms with van der Waals surface area (Å²) in [5, 5.41) is 2.91. The highest BCUT2D eigenvalue weighted by Gasteiger charge is 2.22. The number of nitrogens with zero attached hydrogens (tertiary/aromatic N) is 1. The molecule has 0 saturated heterocycles. The molecule has 0 spiro atoms. The zero-order chi connectivity index (χ0) is 13.7.